The zero-order chi connectivity index (χ0) is 16.5. The van der Waals surface area contributed by atoms with Crippen LogP contribution in [-0.2, 0) is 6.42 Å². The first-order valence-electron chi connectivity index (χ1n) is 8.68. The Morgan fingerprint density at radius 2 is 1.65 bits per heavy atom. The fourth-order valence-corrected chi connectivity index (χ4v) is 2.99. The summed E-state index contributed by atoms with van der Waals surface area (Å²) in [6.45, 7) is 5.61. The molecule has 2 nitrogen and oxygen atoms in total. The Labute approximate surface area is 144 Å². The van der Waals surface area contributed by atoms with Crippen LogP contribution in [0.2, 0.25) is 0 Å². The van der Waals surface area contributed by atoms with Crippen LogP contribution in [0.4, 0.5) is 0 Å². The van der Waals surface area contributed by atoms with Crippen molar-refractivity contribution in [1.29, 1.82) is 0 Å². The number of hydrogen-bond acceptors (Lipinski definition) is 2. The van der Waals surface area contributed by atoms with Crippen LogP contribution >= 0.6 is 11.6 Å². The average molecular weight is 335 g/mol. The van der Waals surface area contributed by atoms with E-state index < -0.39 is 0 Å². The number of aryl methyl sites for hydroxylation is 1. The van der Waals surface area contributed by atoms with Crippen molar-refractivity contribution in [3.63, 3.8) is 0 Å². The Balaban J connectivity index is 2.17. The molecule has 0 spiro atoms. The van der Waals surface area contributed by atoms with Crippen molar-refractivity contribution in [2.75, 3.05) is 19.1 Å². The molecule has 2 aromatic carbocycles. The van der Waals surface area contributed by atoms with Crippen molar-refractivity contribution < 1.29 is 9.47 Å². The second kappa shape index (κ2) is 9.67. The molecule has 0 aromatic heterocycles. The molecule has 2 aromatic rings. The van der Waals surface area contributed by atoms with Crippen LogP contribution in [0.25, 0.3) is 10.8 Å². The fourth-order valence-electron chi connectivity index (χ4n) is 2.80. The third-order valence-electron chi connectivity index (χ3n) is 3.99. The molecular weight excluding hydrogens is 308 g/mol. The molecule has 0 saturated carbocycles. The zero-order valence-electron chi connectivity index (χ0n) is 14.2. The van der Waals surface area contributed by atoms with E-state index in [9.17, 15) is 0 Å². The van der Waals surface area contributed by atoms with Crippen molar-refractivity contribution in [3.8, 4) is 11.5 Å². The number of benzene rings is 2. The number of ether oxygens (including phenoxy) is 2. The van der Waals surface area contributed by atoms with Crippen LogP contribution in [0.1, 0.15) is 45.1 Å². The summed E-state index contributed by atoms with van der Waals surface area (Å²) < 4.78 is 12.0. The van der Waals surface area contributed by atoms with Crippen LogP contribution in [0.5, 0.6) is 11.5 Å². The van der Waals surface area contributed by atoms with Crippen LogP contribution < -0.4 is 9.47 Å². The van der Waals surface area contributed by atoms with Gasteiger partial charge < -0.3 is 9.47 Å². The third-order valence-corrected chi connectivity index (χ3v) is 4.26. The van der Waals surface area contributed by atoms with Crippen molar-refractivity contribution in [2.24, 2.45) is 0 Å². The van der Waals surface area contributed by atoms with E-state index in [4.69, 9.17) is 21.1 Å². The summed E-state index contributed by atoms with van der Waals surface area (Å²) in [6, 6.07) is 10.5. The highest BCUT2D eigenvalue weighted by Gasteiger charge is 2.12. The lowest BCUT2D eigenvalue weighted by molar-refractivity contribution is 0.306. The van der Waals surface area contributed by atoms with E-state index in [1.54, 1.807) is 0 Å². The maximum absolute atomic E-state index is 6.09. The van der Waals surface area contributed by atoms with E-state index in [0.717, 1.165) is 54.0 Å². The smallest absolute Gasteiger partial charge is 0.130 e. The minimum atomic E-state index is 0.678. The highest BCUT2D eigenvalue weighted by atomic mass is 35.5. The molecule has 0 amide bonds. The normalized spacial score (nSPS) is 10.9. The van der Waals surface area contributed by atoms with E-state index in [1.807, 2.05) is 6.92 Å². The summed E-state index contributed by atoms with van der Waals surface area (Å²) in [5.74, 6) is 2.72. The van der Waals surface area contributed by atoms with E-state index >= 15 is 0 Å². The van der Waals surface area contributed by atoms with Gasteiger partial charge in [0, 0.05) is 16.7 Å². The maximum Gasteiger partial charge on any atom is 0.130 e. The molecular formula is C20H27ClO2. The number of rotatable bonds is 10. The van der Waals surface area contributed by atoms with Crippen LogP contribution in [-0.4, -0.2) is 19.1 Å². The first-order chi connectivity index (χ1) is 11.3. The third kappa shape index (κ3) is 4.78. The van der Waals surface area contributed by atoms with Crippen LogP contribution in [0.3, 0.4) is 0 Å². The highest BCUT2D eigenvalue weighted by Crippen LogP contribution is 2.37. The topological polar surface area (TPSA) is 18.5 Å². The van der Waals surface area contributed by atoms with Crippen molar-refractivity contribution in [2.45, 2.75) is 46.0 Å². The standard InChI is InChI=1S/C20H27ClO2/c1-3-16-15-19(23-14-10-6-5-9-13-21)17-11-7-8-12-18(17)20(16)22-4-2/h7-8,11-12,15H,3-6,9-10,13-14H2,1-2H3. The van der Waals surface area contributed by atoms with Gasteiger partial charge in [0.05, 0.1) is 13.2 Å². The molecule has 126 valence electrons. The largest absolute Gasteiger partial charge is 0.493 e. The minimum Gasteiger partial charge on any atom is -0.493 e. The predicted octanol–water partition coefficient (Wildman–Crippen LogP) is 5.98. The monoisotopic (exact) mass is 334 g/mol. The zero-order valence-corrected chi connectivity index (χ0v) is 15.0. The molecule has 0 fully saturated rings. The molecule has 0 aliphatic carbocycles. The second-order valence-corrected chi connectivity index (χ2v) is 6.02. The number of halogens is 1. The van der Waals surface area contributed by atoms with Gasteiger partial charge in [-0.3, -0.25) is 0 Å². The second-order valence-electron chi connectivity index (χ2n) is 5.65. The molecule has 0 atom stereocenters. The molecule has 0 aliphatic rings. The van der Waals surface area contributed by atoms with Crippen LogP contribution in [0, 0.1) is 0 Å². The summed E-state index contributed by atoms with van der Waals surface area (Å²) in [5.41, 5.74) is 1.21. The molecule has 2 rings (SSSR count). The Morgan fingerprint density at radius 1 is 0.913 bits per heavy atom. The van der Waals surface area contributed by atoms with Gasteiger partial charge in [-0.25, -0.2) is 0 Å². The van der Waals surface area contributed by atoms with Crippen molar-refractivity contribution >= 4 is 22.4 Å². The Bertz CT molecular complexity index is 610. The van der Waals surface area contributed by atoms with Crippen LogP contribution in [0.15, 0.2) is 30.3 Å². The Morgan fingerprint density at radius 3 is 2.35 bits per heavy atom. The lowest BCUT2D eigenvalue weighted by atomic mass is 10.0. The number of unbranched alkanes of at least 4 members (excludes halogenated alkanes) is 3. The summed E-state index contributed by atoms with van der Waals surface area (Å²) in [6.07, 6.45) is 5.44. The van der Waals surface area contributed by atoms with Gasteiger partial charge in [0.2, 0.25) is 0 Å². The van der Waals surface area contributed by atoms with Gasteiger partial charge in [0.15, 0.2) is 0 Å². The molecule has 0 heterocycles. The predicted molar refractivity (Wildman–Crippen MR) is 99.2 cm³/mol. The summed E-state index contributed by atoms with van der Waals surface area (Å²) in [5, 5.41) is 2.28. The first-order valence-corrected chi connectivity index (χ1v) is 9.21. The fraction of sp³-hybridized carbons (Fsp3) is 0.500. The van der Waals surface area contributed by atoms with E-state index in [2.05, 4.69) is 37.3 Å². The molecule has 0 N–H and O–H groups in total. The van der Waals surface area contributed by atoms with Crippen molar-refractivity contribution in [3.05, 3.63) is 35.9 Å². The highest BCUT2D eigenvalue weighted by molar-refractivity contribution is 6.17. The minimum absolute atomic E-state index is 0.678. The van der Waals surface area contributed by atoms with Gasteiger partial charge >= 0.3 is 0 Å². The summed E-state index contributed by atoms with van der Waals surface area (Å²) in [4.78, 5) is 0. The van der Waals surface area contributed by atoms with Gasteiger partial charge in [-0.15, -0.1) is 11.6 Å². The summed E-state index contributed by atoms with van der Waals surface area (Å²) in [7, 11) is 0. The Hall–Kier alpha value is -1.41. The number of hydrogen-bond donors (Lipinski definition) is 0. The average Bonchev–Trinajstić information content (AvgIpc) is 2.59. The maximum atomic E-state index is 6.09. The lowest BCUT2D eigenvalue weighted by Gasteiger charge is -2.16. The van der Waals surface area contributed by atoms with Gasteiger partial charge in [-0.1, -0.05) is 44.0 Å². The molecule has 23 heavy (non-hydrogen) atoms. The Kier molecular flexibility index (Phi) is 7.54. The molecule has 0 aliphatic heterocycles. The summed E-state index contributed by atoms with van der Waals surface area (Å²) >= 11 is 5.71. The molecule has 3 heteroatoms. The van der Waals surface area contributed by atoms with E-state index in [0.29, 0.717) is 6.61 Å². The molecule has 0 unspecified atom stereocenters. The molecule has 0 bridgehead atoms. The molecule has 0 radical (unpaired) electrons. The van der Waals surface area contributed by atoms with E-state index in [-0.39, 0.29) is 0 Å². The number of alkyl halides is 1. The van der Waals surface area contributed by atoms with Gasteiger partial charge in [-0.05, 0) is 37.8 Å². The van der Waals surface area contributed by atoms with Gasteiger partial charge in [-0.2, -0.15) is 0 Å². The lowest BCUT2D eigenvalue weighted by Crippen LogP contribution is -2.02. The SMILES string of the molecule is CCOc1c(CC)cc(OCCCCCCCl)c2ccccc12. The van der Waals surface area contributed by atoms with Crippen molar-refractivity contribution in [1.82, 2.24) is 0 Å². The van der Waals surface area contributed by atoms with Gasteiger partial charge in [0.25, 0.3) is 0 Å². The van der Waals surface area contributed by atoms with E-state index in [1.165, 1.54) is 18.4 Å². The number of fused-ring (bicyclic) bond motifs is 1. The molecule has 0 saturated heterocycles. The first kappa shape index (κ1) is 17.9. The quantitative estimate of drug-likeness (QED) is 0.393. The van der Waals surface area contributed by atoms with Gasteiger partial charge in [0.1, 0.15) is 11.5 Å².